The number of nitrogens with zero attached hydrogens (tertiary/aromatic N) is 3. The highest BCUT2D eigenvalue weighted by Crippen LogP contribution is 2.15. The fourth-order valence-electron chi connectivity index (χ4n) is 1.33. The fourth-order valence-corrected chi connectivity index (χ4v) is 1.33. The van der Waals surface area contributed by atoms with Gasteiger partial charge in [-0.05, 0) is 12.1 Å². The second-order valence-corrected chi connectivity index (χ2v) is 3.32. The molecule has 2 aromatic heterocycles. The average Bonchev–Trinajstić information content (AvgIpc) is 2.81. The maximum atomic E-state index is 10.9. The number of aromatic carboxylic acids is 1. The Bertz CT molecular complexity index is 543. The van der Waals surface area contributed by atoms with E-state index in [0.717, 1.165) is 0 Å². The maximum Gasteiger partial charge on any atom is 0.354 e. The van der Waals surface area contributed by atoms with Gasteiger partial charge in [0, 0.05) is 12.4 Å². The van der Waals surface area contributed by atoms with E-state index in [1.54, 1.807) is 17.0 Å². The van der Waals surface area contributed by atoms with Crippen LogP contribution < -0.4 is 0 Å². The van der Waals surface area contributed by atoms with Gasteiger partial charge < -0.3 is 14.8 Å². The van der Waals surface area contributed by atoms with Crippen LogP contribution in [0.25, 0.3) is 11.4 Å². The Morgan fingerprint density at radius 3 is 2.53 bits per heavy atom. The highest BCUT2D eigenvalue weighted by molar-refractivity contribution is 5.86. The first-order valence-electron chi connectivity index (χ1n) is 4.70. The minimum absolute atomic E-state index is 0.119. The fraction of sp³-hybridized carbons (Fsp3) is 0. The Morgan fingerprint density at radius 1 is 1.29 bits per heavy atom. The number of aliphatic hydroxyl groups is 1. The SMILES string of the molecule is C=C(O)c1cc(-n2ccnc2)cc(C(=O)O)n1. The molecule has 0 aliphatic heterocycles. The van der Waals surface area contributed by atoms with E-state index in [2.05, 4.69) is 16.5 Å². The highest BCUT2D eigenvalue weighted by Gasteiger charge is 2.11. The number of pyridine rings is 1. The molecular formula is C11H9N3O3. The first-order chi connectivity index (χ1) is 8.08. The van der Waals surface area contributed by atoms with Gasteiger partial charge in [-0.15, -0.1) is 0 Å². The van der Waals surface area contributed by atoms with Crippen LogP contribution in [-0.2, 0) is 0 Å². The quantitative estimate of drug-likeness (QED) is 0.781. The van der Waals surface area contributed by atoms with Gasteiger partial charge in [0.15, 0.2) is 5.69 Å². The van der Waals surface area contributed by atoms with Crippen LogP contribution in [0.4, 0.5) is 0 Å². The molecule has 6 heteroatoms. The minimum atomic E-state index is -1.17. The van der Waals surface area contributed by atoms with E-state index in [9.17, 15) is 9.90 Å². The molecule has 0 radical (unpaired) electrons. The van der Waals surface area contributed by atoms with Gasteiger partial charge >= 0.3 is 5.97 Å². The van der Waals surface area contributed by atoms with Crippen molar-refractivity contribution in [3.05, 3.63) is 48.8 Å². The third kappa shape index (κ3) is 2.15. The first kappa shape index (κ1) is 10.9. The Balaban J connectivity index is 2.60. The summed E-state index contributed by atoms with van der Waals surface area (Å²) in [5.41, 5.74) is 0.495. The lowest BCUT2D eigenvalue weighted by Crippen LogP contribution is -2.05. The van der Waals surface area contributed by atoms with Gasteiger partial charge in [0.25, 0.3) is 0 Å². The topological polar surface area (TPSA) is 88.2 Å². The van der Waals surface area contributed by atoms with E-state index in [-0.39, 0.29) is 17.1 Å². The van der Waals surface area contributed by atoms with E-state index in [1.165, 1.54) is 18.5 Å². The number of rotatable bonds is 3. The predicted octanol–water partition coefficient (Wildman–Crippen LogP) is 1.49. The third-order valence-electron chi connectivity index (χ3n) is 2.13. The van der Waals surface area contributed by atoms with Gasteiger partial charge in [0.1, 0.15) is 11.5 Å². The zero-order valence-corrected chi connectivity index (χ0v) is 8.74. The second-order valence-electron chi connectivity index (χ2n) is 3.32. The van der Waals surface area contributed by atoms with Crippen LogP contribution in [0.5, 0.6) is 0 Å². The van der Waals surface area contributed by atoms with E-state index in [0.29, 0.717) is 5.69 Å². The lowest BCUT2D eigenvalue weighted by molar-refractivity contribution is 0.0690. The summed E-state index contributed by atoms with van der Waals surface area (Å²) in [5, 5.41) is 18.2. The molecular weight excluding hydrogens is 222 g/mol. The zero-order valence-electron chi connectivity index (χ0n) is 8.74. The van der Waals surface area contributed by atoms with Crippen molar-refractivity contribution in [2.45, 2.75) is 0 Å². The number of carboxylic acid groups (broad SMARTS) is 1. The standard InChI is InChI=1S/C11H9N3O3/c1-7(15)9-4-8(14-3-2-12-6-14)5-10(13-9)11(16)17/h2-6,15H,1H2,(H,16,17). The van der Waals surface area contributed by atoms with Crippen LogP contribution in [0, 0.1) is 0 Å². The largest absolute Gasteiger partial charge is 0.506 e. The molecule has 0 aliphatic rings. The van der Waals surface area contributed by atoms with Crippen molar-refractivity contribution in [3.63, 3.8) is 0 Å². The predicted molar refractivity (Wildman–Crippen MR) is 60.0 cm³/mol. The lowest BCUT2D eigenvalue weighted by Gasteiger charge is -2.06. The molecule has 0 bridgehead atoms. The summed E-state index contributed by atoms with van der Waals surface area (Å²) in [6.45, 7) is 3.32. The summed E-state index contributed by atoms with van der Waals surface area (Å²) in [6, 6.07) is 2.91. The summed E-state index contributed by atoms with van der Waals surface area (Å²) < 4.78 is 1.61. The third-order valence-corrected chi connectivity index (χ3v) is 2.13. The van der Waals surface area contributed by atoms with Gasteiger partial charge in [-0.3, -0.25) is 0 Å². The summed E-state index contributed by atoms with van der Waals surface area (Å²) in [7, 11) is 0. The van der Waals surface area contributed by atoms with E-state index in [4.69, 9.17) is 5.11 Å². The molecule has 0 spiro atoms. The molecule has 0 aromatic carbocycles. The van der Waals surface area contributed by atoms with Crippen molar-refractivity contribution in [2.75, 3.05) is 0 Å². The minimum Gasteiger partial charge on any atom is -0.506 e. The van der Waals surface area contributed by atoms with Crippen LogP contribution in [-0.4, -0.2) is 30.7 Å². The molecule has 0 saturated heterocycles. The molecule has 0 atom stereocenters. The van der Waals surface area contributed by atoms with Crippen molar-refractivity contribution in [1.82, 2.24) is 14.5 Å². The van der Waals surface area contributed by atoms with Crippen molar-refractivity contribution in [3.8, 4) is 5.69 Å². The number of hydrogen-bond acceptors (Lipinski definition) is 4. The number of aromatic nitrogens is 3. The summed E-state index contributed by atoms with van der Waals surface area (Å²) in [6.07, 6.45) is 4.74. The zero-order chi connectivity index (χ0) is 12.4. The number of carbonyl (C=O) groups is 1. The van der Waals surface area contributed by atoms with Crippen LogP contribution in [0.2, 0.25) is 0 Å². The van der Waals surface area contributed by atoms with Gasteiger partial charge in [-0.2, -0.15) is 0 Å². The lowest BCUT2D eigenvalue weighted by atomic mass is 10.2. The van der Waals surface area contributed by atoms with E-state index < -0.39 is 5.97 Å². The molecule has 0 fully saturated rings. The average molecular weight is 231 g/mol. The molecule has 0 saturated carbocycles. The van der Waals surface area contributed by atoms with Gasteiger partial charge in [0.05, 0.1) is 12.0 Å². The number of carboxylic acids is 1. The molecule has 0 amide bonds. The van der Waals surface area contributed by atoms with Crippen LogP contribution in [0.3, 0.4) is 0 Å². The summed E-state index contributed by atoms with van der Waals surface area (Å²) in [5.74, 6) is -1.45. The summed E-state index contributed by atoms with van der Waals surface area (Å²) >= 11 is 0. The molecule has 0 unspecified atom stereocenters. The molecule has 17 heavy (non-hydrogen) atoms. The van der Waals surface area contributed by atoms with Crippen LogP contribution in [0.1, 0.15) is 16.2 Å². The number of imidazole rings is 1. The molecule has 2 aromatic rings. The van der Waals surface area contributed by atoms with Crippen LogP contribution >= 0.6 is 0 Å². The number of aliphatic hydroxyl groups excluding tert-OH is 1. The highest BCUT2D eigenvalue weighted by atomic mass is 16.4. The van der Waals surface area contributed by atoms with Crippen molar-refractivity contribution < 1.29 is 15.0 Å². The van der Waals surface area contributed by atoms with E-state index >= 15 is 0 Å². The smallest absolute Gasteiger partial charge is 0.354 e. The monoisotopic (exact) mass is 231 g/mol. The summed E-state index contributed by atoms with van der Waals surface area (Å²) in [4.78, 5) is 18.5. The van der Waals surface area contributed by atoms with Crippen molar-refractivity contribution in [1.29, 1.82) is 0 Å². The Kier molecular flexibility index (Phi) is 2.61. The van der Waals surface area contributed by atoms with Crippen molar-refractivity contribution >= 4 is 11.7 Å². The molecule has 2 heterocycles. The van der Waals surface area contributed by atoms with Crippen molar-refractivity contribution in [2.24, 2.45) is 0 Å². The van der Waals surface area contributed by atoms with Gasteiger partial charge in [-0.1, -0.05) is 6.58 Å². The second kappa shape index (κ2) is 4.09. The molecule has 2 N–H and O–H groups in total. The van der Waals surface area contributed by atoms with E-state index in [1.807, 2.05) is 0 Å². The first-order valence-corrected chi connectivity index (χ1v) is 4.70. The van der Waals surface area contributed by atoms with Gasteiger partial charge in [0.2, 0.25) is 0 Å². The molecule has 2 rings (SSSR count). The Morgan fingerprint density at radius 2 is 2.00 bits per heavy atom. The number of hydrogen-bond donors (Lipinski definition) is 2. The molecule has 86 valence electrons. The normalized spacial score (nSPS) is 10.1. The molecule has 0 aliphatic carbocycles. The Hall–Kier alpha value is -2.63. The maximum absolute atomic E-state index is 10.9. The Labute approximate surface area is 96.5 Å². The molecule has 6 nitrogen and oxygen atoms in total. The van der Waals surface area contributed by atoms with Crippen LogP contribution in [0.15, 0.2) is 37.4 Å². The van der Waals surface area contributed by atoms with Gasteiger partial charge in [-0.25, -0.2) is 14.8 Å².